The van der Waals surface area contributed by atoms with Crippen molar-refractivity contribution in [2.45, 2.75) is 37.5 Å². The Morgan fingerprint density at radius 3 is 2.19 bits per heavy atom. The number of carboxylic acid groups (broad SMARTS) is 1. The lowest BCUT2D eigenvalue weighted by Crippen LogP contribution is -2.57. The molecule has 1 N–H and O–H groups in total. The maximum atomic E-state index is 12.8. The second-order valence-electron chi connectivity index (χ2n) is 6.54. The number of rotatable bonds is 5. The van der Waals surface area contributed by atoms with Crippen LogP contribution in [0.15, 0.2) is 60.7 Å². The van der Waals surface area contributed by atoms with Gasteiger partial charge in [0.25, 0.3) is 5.91 Å². The molecule has 6 heteroatoms. The third-order valence-electron chi connectivity index (χ3n) is 4.84. The van der Waals surface area contributed by atoms with E-state index in [1.807, 2.05) is 60.7 Å². The Hall–Kier alpha value is -2.70. The lowest BCUT2D eigenvalue weighted by atomic mass is 9.95. The highest BCUT2D eigenvalue weighted by Crippen LogP contribution is 2.34. The van der Waals surface area contributed by atoms with Crippen LogP contribution in [0.3, 0.4) is 0 Å². The van der Waals surface area contributed by atoms with Crippen molar-refractivity contribution < 1.29 is 24.2 Å². The summed E-state index contributed by atoms with van der Waals surface area (Å²) in [5.41, 5.74) is 1.99. The first-order valence-electron chi connectivity index (χ1n) is 8.55. The Bertz CT molecular complexity index is 794. The molecular formula is C20H19NO5. The highest BCUT2D eigenvalue weighted by molar-refractivity contribution is 5.84. The minimum atomic E-state index is -1.14. The van der Waals surface area contributed by atoms with Crippen LogP contribution in [0.4, 0.5) is 0 Å². The van der Waals surface area contributed by atoms with E-state index in [-0.39, 0.29) is 5.91 Å². The van der Waals surface area contributed by atoms with Gasteiger partial charge in [-0.05, 0) is 17.5 Å². The Morgan fingerprint density at radius 2 is 1.58 bits per heavy atom. The van der Waals surface area contributed by atoms with Crippen molar-refractivity contribution in [1.82, 2.24) is 4.90 Å². The van der Waals surface area contributed by atoms with Crippen LogP contribution >= 0.6 is 0 Å². The average Bonchev–Trinajstić information content (AvgIpc) is 3.07. The van der Waals surface area contributed by atoms with E-state index in [0.717, 1.165) is 11.1 Å². The molecule has 26 heavy (non-hydrogen) atoms. The summed E-state index contributed by atoms with van der Waals surface area (Å²) in [4.78, 5) is 26.1. The molecular weight excluding hydrogens is 334 g/mol. The van der Waals surface area contributed by atoms with Crippen LogP contribution < -0.4 is 0 Å². The van der Waals surface area contributed by atoms with Crippen LogP contribution in [-0.4, -0.2) is 46.4 Å². The van der Waals surface area contributed by atoms with Gasteiger partial charge >= 0.3 is 5.97 Å². The number of carbonyl (C=O) groups excluding carboxylic acids is 1. The molecule has 6 nitrogen and oxygen atoms in total. The van der Waals surface area contributed by atoms with E-state index in [9.17, 15) is 14.7 Å². The number of benzene rings is 2. The molecule has 0 radical (unpaired) electrons. The van der Waals surface area contributed by atoms with Gasteiger partial charge in [-0.25, -0.2) is 4.79 Å². The molecule has 2 aromatic carbocycles. The van der Waals surface area contributed by atoms with Gasteiger partial charge in [0, 0.05) is 6.54 Å². The summed E-state index contributed by atoms with van der Waals surface area (Å²) in [6.45, 7) is 0.392. The van der Waals surface area contributed by atoms with Crippen LogP contribution in [0.5, 0.6) is 0 Å². The Morgan fingerprint density at radius 1 is 0.962 bits per heavy atom. The first kappa shape index (κ1) is 16.8. The van der Waals surface area contributed by atoms with Gasteiger partial charge in [0.1, 0.15) is 6.10 Å². The molecule has 0 saturated carbocycles. The van der Waals surface area contributed by atoms with E-state index in [1.165, 1.54) is 0 Å². The Kier molecular flexibility index (Phi) is 4.44. The number of fused-ring (bicyclic) bond motifs is 2. The van der Waals surface area contributed by atoms with Gasteiger partial charge in [0.05, 0.1) is 6.04 Å². The zero-order valence-corrected chi connectivity index (χ0v) is 14.0. The van der Waals surface area contributed by atoms with Gasteiger partial charge in [-0.3, -0.25) is 4.79 Å². The summed E-state index contributed by atoms with van der Waals surface area (Å²) in [5, 5.41) is 9.47. The largest absolute Gasteiger partial charge is 0.479 e. The second-order valence-corrected chi connectivity index (χ2v) is 6.54. The van der Waals surface area contributed by atoms with E-state index in [1.54, 1.807) is 4.90 Å². The predicted octanol–water partition coefficient (Wildman–Crippen LogP) is 1.83. The number of ether oxygens (including phenoxy) is 2. The highest BCUT2D eigenvalue weighted by Gasteiger charge is 2.55. The average molecular weight is 353 g/mol. The molecule has 2 saturated heterocycles. The Labute approximate surface area is 151 Å². The van der Waals surface area contributed by atoms with Gasteiger partial charge in [-0.2, -0.15) is 0 Å². The van der Waals surface area contributed by atoms with Crippen LogP contribution in [0.2, 0.25) is 0 Å². The van der Waals surface area contributed by atoms with Gasteiger partial charge in [0.15, 0.2) is 6.10 Å². The molecule has 2 aliphatic heterocycles. The van der Waals surface area contributed by atoms with Crippen LogP contribution in [0.1, 0.15) is 11.1 Å². The molecule has 4 rings (SSSR count). The summed E-state index contributed by atoms with van der Waals surface area (Å²) in [6.07, 6.45) is -2.47. The summed E-state index contributed by atoms with van der Waals surface area (Å²) < 4.78 is 11.0. The summed E-state index contributed by atoms with van der Waals surface area (Å²) in [5.74, 6) is -1.43. The first-order valence-corrected chi connectivity index (χ1v) is 8.55. The molecule has 2 fully saturated rings. The minimum Gasteiger partial charge on any atom is -0.479 e. The molecule has 2 aromatic rings. The normalized spacial score (nSPS) is 27.5. The van der Waals surface area contributed by atoms with Gasteiger partial charge < -0.3 is 19.5 Å². The zero-order chi connectivity index (χ0) is 18.1. The van der Waals surface area contributed by atoms with E-state index >= 15 is 0 Å². The summed E-state index contributed by atoms with van der Waals surface area (Å²) in [6, 6.07) is 18.9. The maximum Gasteiger partial charge on any atom is 0.335 e. The van der Waals surface area contributed by atoms with Crippen LogP contribution in [0.25, 0.3) is 0 Å². The zero-order valence-electron chi connectivity index (χ0n) is 14.0. The number of morpholine rings is 1. The fraction of sp³-hybridized carbons (Fsp3) is 0.300. The number of hydrogen-bond acceptors (Lipinski definition) is 4. The van der Waals surface area contributed by atoms with Gasteiger partial charge in [-0.1, -0.05) is 60.7 Å². The van der Waals surface area contributed by atoms with Crippen molar-refractivity contribution in [3.63, 3.8) is 0 Å². The molecule has 2 heterocycles. The number of amides is 1. The third kappa shape index (κ3) is 3.09. The maximum absolute atomic E-state index is 12.8. The number of carbonyl (C=O) groups is 2. The minimum absolute atomic E-state index is 0.324. The smallest absolute Gasteiger partial charge is 0.335 e. The standard InChI is InChI=1S/C20H19NO5/c22-18-20-25-16(17(26-20)19(23)24)15(11-13-7-3-1-4-8-13)21(18)12-14-9-5-2-6-10-14/h1-10,15-17,20H,11-12H2,(H,23,24)/t15-,16+,17-,20-/m0/s1. The van der Waals surface area contributed by atoms with Gasteiger partial charge in [0.2, 0.25) is 6.29 Å². The predicted molar refractivity (Wildman–Crippen MR) is 92.1 cm³/mol. The highest BCUT2D eigenvalue weighted by atomic mass is 16.7. The lowest BCUT2D eigenvalue weighted by Gasteiger charge is -2.39. The monoisotopic (exact) mass is 353 g/mol. The lowest BCUT2D eigenvalue weighted by molar-refractivity contribution is -0.179. The molecule has 134 valence electrons. The van der Waals surface area contributed by atoms with Crippen molar-refractivity contribution in [2.24, 2.45) is 0 Å². The first-order chi connectivity index (χ1) is 12.6. The Balaban J connectivity index is 1.67. The van der Waals surface area contributed by atoms with Crippen LogP contribution in [-0.2, 0) is 32.0 Å². The van der Waals surface area contributed by atoms with Crippen molar-refractivity contribution >= 4 is 11.9 Å². The van der Waals surface area contributed by atoms with E-state index < -0.39 is 30.5 Å². The number of nitrogens with zero attached hydrogens (tertiary/aromatic N) is 1. The molecule has 0 aromatic heterocycles. The van der Waals surface area contributed by atoms with Crippen molar-refractivity contribution in [2.75, 3.05) is 0 Å². The van der Waals surface area contributed by atoms with Crippen LogP contribution in [0, 0.1) is 0 Å². The molecule has 4 atom stereocenters. The van der Waals surface area contributed by atoms with E-state index in [2.05, 4.69) is 0 Å². The van der Waals surface area contributed by atoms with E-state index in [4.69, 9.17) is 9.47 Å². The number of carboxylic acids is 1. The summed E-state index contributed by atoms with van der Waals surface area (Å²) >= 11 is 0. The molecule has 2 bridgehead atoms. The molecule has 0 unspecified atom stereocenters. The summed E-state index contributed by atoms with van der Waals surface area (Å²) in [7, 11) is 0. The fourth-order valence-electron chi connectivity index (χ4n) is 3.60. The quantitative estimate of drug-likeness (QED) is 0.888. The molecule has 1 amide bonds. The SMILES string of the molecule is O=C(O)[C@H]1O[C@@H]2O[C@@H]1[C@H](Cc1ccccc1)N(Cc1ccccc1)C2=O. The molecule has 0 spiro atoms. The second kappa shape index (κ2) is 6.90. The van der Waals surface area contributed by atoms with Gasteiger partial charge in [-0.15, -0.1) is 0 Å². The van der Waals surface area contributed by atoms with Crippen molar-refractivity contribution in [3.05, 3.63) is 71.8 Å². The van der Waals surface area contributed by atoms with Crippen molar-refractivity contribution in [3.8, 4) is 0 Å². The topological polar surface area (TPSA) is 76.1 Å². The van der Waals surface area contributed by atoms with E-state index in [0.29, 0.717) is 13.0 Å². The molecule has 0 aliphatic carbocycles. The number of aliphatic carboxylic acids is 1. The number of hydrogen-bond donors (Lipinski definition) is 1. The third-order valence-corrected chi connectivity index (χ3v) is 4.84. The molecule has 2 aliphatic rings. The van der Waals surface area contributed by atoms with Crippen molar-refractivity contribution in [1.29, 1.82) is 0 Å². The fourth-order valence-corrected chi connectivity index (χ4v) is 3.60.